The minimum atomic E-state index is -3.72. The molecular formula is C20H30FN3O3S. The van der Waals surface area contributed by atoms with Crippen molar-refractivity contribution < 1.29 is 17.6 Å². The van der Waals surface area contributed by atoms with Gasteiger partial charge in [-0.3, -0.25) is 9.69 Å². The van der Waals surface area contributed by atoms with Crippen molar-refractivity contribution in [2.24, 2.45) is 0 Å². The van der Waals surface area contributed by atoms with E-state index in [0.717, 1.165) is 25.3 Å². The minimum Gasteiger partial charge on any atom is -0.336 e. The molecule has 0 N–H and O–H groups in total. The summed E-state index contributed by atoms with van der Waals surface area (Å²) in [5.41, 5.74) is 0. The number of hydrogen-bond acceptors (Lipinski definition) is 4. The van der Waals surface area contributed by atoms with E-state index in [1.165, 1.54) is 22.5 Å². The number of piperazine rings is 1. The van der Waals surface area contributed by atoms with Crippen molar-refractivity contribution in [3.63, 3.8) is 0 Å². The number of carbonyl (C=O) groups excluding carboxylic acids is 1. The molecule has 6 nitrogen and oxygen atoms in total. The molecule has 156 valence electrons. The number of nitrogens with zero attached hydrogens (tertiary/aromatic N) is 3. The molecule has 2 aliphatic rings. The average Bonchev–Trinajstić information content (AvgIpc) is 2.67. The van der Waals surface area contributed by atoms with Crippen molar-refractivity contribution in [1.82, 2.24) is 14.1 Å². The van der Waals surface area contributed by atoms with E-state index in [1.54, 1.807) is 0 Å². The van der Waals surface area contributed by atoms with Gasteiger partial charge in [0.15, 0.2) is 0 Å². The minimum absolute atomic E-state index is 0.0268. The Morgan fingerprint density at radius 2 is 1.71 bits per heavy atom. The number of amides is 1. The first-order chi connectivity index (χ1) is 13.2. The summed E-state index contributed by atoms with van der Waals surface area (Å²) in [5.74, 6) is -0.440. The Labute approximate surface area is 167 Å². The van der Waals surface area contributed by atoms with E-state index in [9.17, 15) is 17.6 Å². The third-order valence-electron chi connectivity index (χ3n) is 6.06. The van der Waals surface area contributed by atoms with Crippen LogP contribution in [0.4, 0.5) is 4.39 Å². The van der Waals surface area contributed by atoms with Crippen LogP contribution in [0.3, 0.4) is 0 Å². The zero-order chi connectivity index (χ0) is 20.5. The van der Waals surface area contributed by atoms with E-state index in [-0.39, 0.29) is 28.9 Å². The molecule has 0 radical (unpaired) electrons. The standard InChI is InChI=1S/C20H30FN3O3S/c1-15-6-4-7-16(2)24(15)20(25)17(3)22-10-12-23(13-11-22)28(26,27)19-9-5-8-18(21)14-19/h5,8-9,14-17H,4,6-7,10-13H2,1-3H3/t15-,16-,17-/m1/s1. The summed E-state index contributed by atoms with van der Waals surface area (Å²) in [7, 11) is -3.72. The van der Waals surface area contributed by atoms with Gasteiger partial charge in [-0.05, 0) is 58.2 Å². The van der Waals surface area contributed by atoms with Crippen LogP contribution in [0.25, 0.3) is 0 Å². The summed E-state index contributed by atoms with van der Waals surface area (Å²) < 4.78 is 40.3. The summed E-state index contributed by atoms with van der Waals surface area (Å²) in [4.78, 5) is 17.1. The summed E-state index contributed by atoms with van der Waals surface area (Å²) in [6.07, 6.45) is 3.21. The number of carbonyl (C=O) groups is 1. The zero-order valence-corrected chi connectivity index (χ0v) is 17.7. The molecule has 0 aromatic heterocycles. The number of halogens is 1. The van der Waals surface area contributed by atoms with Crippen LogP contribution in [-0.2, 0) is 14.8 Å². The topological polar surface area (TPSA) is 60.9 Å². The first kappa shape index (κ1) is 21.2. The fourth-order valence-corrected chi connectivity index (χ4v) is 5.79. The Balaban J connectivity index is 1.64. The van der Waals surface area contributed by atoms with Gasteiger partial charge in [-0.15, -0.1) is 0 Å². The molecule has 3 atom stereocenters. The van der Waals surface area contributed by atoms with Crippen LogP contribution in [0.1, 0.15) is 40.0 Å². The summed E-state index contributed by atoms with van der Waals surface area (Å²) in [6.45, 7) is 7.67. The molecule has 0 saturated carbocycles. The highest BCUT2D eigenvalue weighted by Gasteiger charge is 2.36. The second kappa shape index (κ2) is 8.47. The number of benzene rings is 1. The smallest absolute Gasteiger partial charge is 0.243 e. The Morgan fingerprint density at radius 3 is 2.29 bits per heavy atom. The van der Waals surface area contributed by atoms with Crippen LogP contribution in [0, 0.1) is 5.82 Å². The van der Waals surface area contributed by atoms with Crippen LogP contribution in [0.15, 0.2) is 29.2 Å². The predicted octanol–water partition coefficient (Wildman–Crippen LogP) is 2.31. The highest BCUT2D eigenvalue weighted by atomic mass is 32.2. The summed E-state index contributed by atoms with van der Waals surface area (Å²) in [6, 6.07) is 5.31. The molecule has 1 aromatic carbocycles. The van der Waals surface area contributed by atoms with Crippen LogP contribution >= 0.6 is 0 Å². The van der Waals surface area contributed by atoms with Gasteiger partial charge < -0.3 is 4.90 Å². The van der Waals surface area contributed by atoms with E-state index in [0.29, 0.717) is 26.2 Å². The lowest BCUT2D eigenvalue weighted by Gasteiger charge is -2.43. The lowest BCUT2D eigenvalue weighted by molar-refractivity contribution is -0.143. The van der Waals surface area contributed by atoms with Gasteiger partial charge in [0.25, 0.3) is 0 Å². The van der Waals surface area contributed by atoms with Crippen molar-refractivity contribution in [2.75, 3.05) is 26.2 Å². The van der Waals surface area contributed by atoms with Gasteiger partial charge in [0.05, 0.1) is 10.9 Å². The van der Waals surface area contributed by atoms with Crippen molar-refractivity contribution in [3.05, 3.63) is 30.1 Å². The maximum atomic E-state index is 13.4. The average molecular weight is 412 g/mol. The van der Waals surface area contributed by atoms with Gasteiger partial charge in [0.1, 0.15) is 5.82 Å². The van der Waals surface area contributed by atoms with Crippen molar-refractivity contribution in [1.29, 1.82) is 0 Å². The molecule has 2 fully saturated rings. The Bertz CT molecular complexity index is 799. The van der Waals surface area contributed by atoms with E-state index < -0.39 is 15.8 Å². The molecule has 0 unspecified atom stereocenters. The second-order valence-corrected chi connectivity index (χ2v) is 9.89. The first-order valence-electron chi connectivity index (χ1n) is 10.0. The lowest BCUT2D eigenvalue weighted by atomic mass is 9.96. The van der Waals surface area contributed by atoms with E-state index >= 15 is 0 Å². The van der Waals surface area contributed by atoms with Crippen LogP contribution < -0.4 is 0 Å². The largest absolute Gasteiger partial charge is 0.336 e. The molecule has 8 heteroatoms. The molecule has 0 bridgehead atoms. The highest BCUT2D eigenvalue weighted by Crippen LogP contribution is 2.25. The summed E-state index contributed by atoms with van der Waals surface area (Å²) >= 11 is 0. The predicted molar refractivity (Wildman–Crippen MR) is 106 cm³/mol. The molecule has 0 aliphatic carbocycles. The number of hydrogen-bond donors (Lipinski definition) is 0. The molecule has 2 aliphatic heterocycles. The van der Waals surface area contributed by atoms with Crippen molar-refractivity contribution in [3.8, 4) is 0 Å². The van der Waals surface area contributed by atoms with Gasteiger partial charge in [0.2, 0.25) is 15.9 Å². The molecule has 1 aromatic rings. The SMILES string of the molecule is C[C@H](C(=O)N1[C@H](C)CCC[C@H]1C)N1CCN(S(=O)(=O)c2cccc(F)c2)CC1. The van der Waals surface area contributed by atoms with E-state index in [2.05, 4.69) is 13.8 Å². The van der Waals surface area contributed by atoms with Crippen LogP contribution in [0.5, 0.6) is 0 Å². The van der Waals surface area contributed by atoms with Gasteiger partial charge in [0, 0.05) is 38.3 Å². The van der Waals surface area contributed by atoms with Gasteiger partial charge in [-0.25, -0.2) is 12.8 Å². The molecular weight excluding hydrogens is 381 g/mol. The quantitative estimate of drug-likeness (QED) is 0.763. The van der Waals surface area contributed by atoms with Crippen molar-refractivity contribution in [2.45, 2.75) is 63.1 Å². The lowest BCUT2D eigenvalue weighted by Crippen LogP contribution is -2.58. The number of rotatable bonds is 4. The monoisotopic (exact) mass is 411 g/mol. The second-order valence-electron chi connectivity index (χ2n) is 7.95. The molecule has 2 heterocycles. The fourth-order valence-electron chi connectivity index (χ4n) is 4.34. The highest BCUT2D eigenvalue weighted by molar-refractivity contribution is 7.89. The summed E-state index contributed by atoms with van der Waals surface area (Å²) in [5, 5.41) is 0. The van der Waals surface area contributed by atoms with Crippen LogP contribution in [0.2, 0.25) is 0 Å². The molecule has 1 amide bonds. The van der Waals surface area contributed by atoms with Crippen LogP contribution in [-0.4, -0.2) is 72.7 Å². The Hall–Kier alpha value is -1.51. The third kappa shape index (κ3) is 4.23. The molecule has 0 spiro atoms. The van der Waals surface area contributed by atoms with Gasteiger partial charge in [-0.1, -0.05) is 6.07 Å². The maximum Gasteiger partial charge on any atom is 0.243 e. The third-order valence-corrected chi connectivity index (χ3v) is 7.95. The normalized spacial score (nSPS) is 26.2. The number of piperidine rings is 1. The number of sulfonamides is 1. The zero-order valence-electron chi connectivity index (χ0n) is 16.8. The van der Waals surface area contributed by atoms with Gasteiger partial charge >= 0.3 is 0 Å². The van der Waals surface area contributed by atoms with Crippen molar-refractivity contribution >= 4 is 15.9 Å². The maximum absolute atomic E-state index is 13.4. The van der Waals surface area contributed by atoms with E-state index in [4.69, 9.17) is 0 Å². The number of likely N-dealkylation sites (tertiary alicyclic amines) is 1. The van der Waals surface area contributed by atoms with Gasteiger partial charge in [-0.2, -0.15) is 4.31 Å². The Morgan fingerprint density at radius 1 is 1.11 bits per heavy atom. The molecule has 3 rings (SSSR count). The van der Waals surface area contributed by atoms with E-state index in [1.807, 2.05) is 16.7 Å². The fraction of sp³-hybridized carbons (Fsp3) is 0.650. The molecule has 2 saturated heterocycles. The first-order valence-corrected chi connectivity index (χ1v) is 11.5. The Kier molecular flexibility index (Phi) is 6.41. The molecule has 28 heavy (non-hydrogen) atoms.